The molecule has 1 aliphatic carbocycles. The molecule has 0 spiro atoms. The van der Waals surface area contributed by atoms with Crippen LogP contribution in [0.15, 0.2) is 29.2 Å². The molecule has 0 atom stereocenters. The van der Waals surface area contributed by atoms with Crippen LogP contribution in [0.3, 0.4) is 0 Å². The van der Waals surface area contributed by atoms with Crippen LogP contribution in [0, 0.1) is 5.82 Å². The highest BCUT2D eigenvalue weighted by Gasteiger charge is 2.43. The number of hydrogen-bond acceptors (Lipinski definition) is 8. The fraction of sp³-hybridized carbons (Fsp3) is 0.560. The Hall–Kier alpha value is -3.34. The average molecular weight is 496 g/mol. The molecule has 2 N–H and O–H groups in total. The van der Waals surface area contributed by atoms with E-state index in [2.05, 4.69) is 70.7 Å². The van der Waals surface area contributed by atoms with E-state index >= 15 is 0 Å². The number of anilines is 3. The van der Waals surface area contributed by atoms with Crippen molar-refractivity contribution in [2.45, 2.75) is 76.4 Å². The van der Waals surface area contributed by atoms with Gasteiger partial charge in [0.2, 0.25) is 5.95 Å². The van der Waals surface area contributed by atoms with Gasteiger partial charge in [-0.25, -0.2) is 14.2 Å². The van der Waals surface area contributed by atoms with E-state index in [1.165, 1.54) is 15.6 Å². The Morgan fingerprint density at radius 2 is 1.75 bits per heavy atom. The molecule has 0 radical (unpaired) electrons. The number of halogens is 1. The van der Waals surface area contributed by atoms with Crippen LogP contribution in [-0.4, -0.2) is 58.8 Å². The van der Waals surface area contributed by atoms with Crippen LogP contribution < -0.4 is 16.3 Å². The van der Waals surface area contributed by atoms with Crippen molar-refractivity contribution >= 4 is 17.5 Å². The number of hydrogen-bond donors (Lipinski definition) is 2. The van der Waals surface area contributed by atoms with Gasteiger partial charge in [-0.15, -0.1) is 0 Å². The van der Waals surface area contributed by atoms with Crippen molar-refractivity contribution in [2.24, 2.45) is 7.05 Å². The SMILES string of the molecule is CN1C(C)(C)CC(Nc2nc(Nc3ccc(C4CC4)c(-n4nnn(C)c4=O)c3)ncc2F)CC1(C)C. The highest BCUT2D eigenvalue weighted by molar-refractivity contribution is 5.61. The van der Waals surface area contributed by atoms with Crippen molar-refractivity contribution in [3.05, 3.63) is 46.3 Å². The third-order valence-corrected chi connectivity index (χ3v) is 7.65. The fourth-order valence-electron chi connectivity index (χ4n) is 5.33. The van der Waals surface area contributed by atoms with E-state index < -0.39 is 5.82 Å². The lowest BCUT2D eigenvalue weighted by Crippen LogP contribution is -2.61. The number of piperidine rings is 1. The van der Waals surface area contributed by atoms with Crippen molar-refractivity contribution in [3.63, 3.8) is 0 Å². The molecule has 192 valence electrons. The van der Waals surface area contributed by atoms with Gasteiger partial charge in [-0.05, 0) is 94.5 Å². The summed E-state index contributed by atoms with van der Waals surface area (Å²) in [6.07, 6.45) is 5.05. The molecule has 1 aromatic carbocycles. The van der Waals surface area contributed by atoms with Gasteiger partial charge in [0.1, 0.15) is 0 Å². The molecule has 2 aliphatic rings. The van der Waals surface area contributed by atoms with E-state index in [1.807, 2.05) is 18.2 Å². The minimum absolute atomic E-state index is 0.0396. The second-order valence-electron chi connectivity index (χ2n) is 11.3. The van der Waals surface area contributed by atoms with E-state index in [0.29, 0.717) is 17.3 Å². The Morgan fingerprint density at radius 3 is 2.36 bits per heavy atom. The third-order valence-electron chi connectivity index (χ3n) is 7.65. The lowest BCUT2D eigenvalue weighted by Gasteiger charge is -2.53. The van der Waals surface area contributed by atoms with Crippen LogP contribution in [-0.2, 0) is 7.05 Å². The number of nitrogens with zero attached hydrogens (tertiary/aromatic N) is 7. The van der Waals surface area contributed by atoms with E-state index in [-0.39, 0.29) is 34.6 Å². The molecule has 0 unspecified atom stereocenters. The molecule has 3 aromatic rings. The summed E-state index contributed by atoms with van der Waals surface area (Å²) in [5.74, 6) is 0.352. The maximum atomic E-state index is 14.7. The number of aromatic nitrogens is 6. The predicted molar refractivity (Wildman–Crippen MR) is 136 cm³/mol. The van der Waals surface area contributed by atoms with Gasteiger partial charge in [0, 0.05) is 29.9 Å². The average Bonchev–Trinajstić information content (AvgIpc) is 3.59. The number of nitrogens with one attached hydrogen (secondary N) is 2. The highest BCUT2D eigenvalue weighted by atomic mass is 19.1. The monoisotopic (exact) mass is 495 g/mol. The molecule has 1 saturated heterocycles. The van der Waals surface area contributed by atoms with E-state index in [0.717, 1.165) is 31.2 Å². The smallest absolute Gasteiger partial charge is 0.365 e. The second-order valence-corrected chi connectivity index (χ2v) is 11.3. The van der Waals surface area contributed by atoms with Gasteiger partial charge in [-0.1, -0.05) is 6.07 Å². The summed E-state index contributed by atoms with van der Waals surface area (Å²) in [6.45, 7) is 8.82. The molecule has 0 bridgehead atoms. The summed E-state index contributed by atoms with van der Waals surface area (Å²) in [5.41, 5.74) is 2.01. The largest absolute Gasteiger partial charge is 0.368 e. The zero-order chi connectivity index (χ0) is 25.8. The zero-order valence-corrected chi connectivity index (χ0v) is 21.7. The molecule has 2 fully saturated rings. The maximum Gasteiger partial charge on any atom is 0.368 e. The van der Waals surface area contributed by atoms with Gasteiger partial charge < -0.3 is 10.6 Å². The Bertz CT molecular complexity index is 1320. The number of benzene rings is 1. The zero-order valence-electron chi connectivity index (χ0n) is 21.7. The topological polar surface area (TPSA) is 106 Å². The van der Waals surface area contributed by atoms with Crippen LogP contribution >= 0.6 is 0 Å². The number of likely N-dealkylation sites (tertiary alicyclic amines) is 1. The molecule has 2 aromatic heterocycles. The molecule has 11 heteroatoms. The van der Waals surface area contributed by atoms with Gasteiger partial charge in [0.25, 0.3) is 0 Å². The van der Waals surface area contributed by atoms with Gasteiger partial charge in [0.15, 0.2) is 11.6 Å². The number of tetrazole rings is 1. The van der Waals surface area contributed by atoms with Gasteiger partial charge in [-0.2, -0.15) is 14.3 Å². The van der Waals surface area contributed by atoms with E-state index in [9.17, 15) is 9.18 Å². The Kier molecular flexibility index (Phi) is 5.85. The van der Waals surface area contributed by atoms with Gasteiger partial charge in [-0.3, -0.25) is 4.90 Å². The van der Waals surface area contributed by atoms with Crippen molar-refractivity contribution in [3.8, 4) is 5.69 Å². The van der Waals surface area contributed by atoms with Crippen LogP contribution in [0.5, 0.6) is 0 Å². The molecular weight excluding hydrogens is 461 g/mol. The van der Waals surface area contributed by atoms with Gasteiger partial charge >= 0.3 is 5.69 Å². The Balaban J connectivity index is 1.40. The fourth-order valence-corrected chi connectivity index (χ4v) is 5.33. The third kappa shape index (κ3) is 4.59. The predicted octanol–water partition coefficient (Wildman–Crippen LogP) is 3.58. The molecule has 1 aliphatic heterocycles. The van der Waals surface area contributed by atoms with Crippen LogP contribution in [0.4, 0.5) is 21.8 Å². The molecule has 0 amide bonds. The minimum Gasteiger partial charge on any atom is -0.365 e. The first kappa shape index (κ1) is 24.4. The summed E-state index contributed by atoms with van der Waals surface area (Å²) in [7, 11) is 3.71. The quantitative estimate of drug-likeness (QED) is 0.535. The Labute approximate surface area is 209 Å². The summed E-state index contributed by atoms with van der Waals surface area (Å²) in [5, 5.41) is 14.4. The minimum atomic E-state index is -0.494. The number of aryl methyl sites for hydroxylation is 1. The van der Waals surface area contributed by atoms with Crippen molar-refractivity contribution in [1.82, 2.24) is 34.7 Å². The van der Waals surface area contributed by atoms with Gasteiger partial charge in [0.05, 0.1) is 11.9 Å². The van der Waals surface area contributed by atoms with Crippen molar-refractivity contribution < 1.29 is 4.39 Å². The molecule has 1 saturated carbocycles. The molecular formula is C25H34FN9O. The van der Waals surface area contributed by atoms with E-state index in [4.69, 9.17) is 0 Å². The standard InChI is InChI=1S/C25H34FN9O/c1-24(2)12-17(13-25(3,4)34(24)6)28-21-19(26)14-27-22(30-21)29-16-9-10-18(15-7-8-15)20(11-16)35-23(36)33(5)31-32-35/h9-11,14-15,17H,7-8,12-13H2,1-6H3,(H2,27,28,29,30). The molecule has 5 rings (SSSR count). The summed E-state index contributed by atoms with van der Waals surface area (Å²) >= 11 is 0. The molecule has 10 nitrogen and oxygen atoms in total. The highest BCUT2D eigenvalue weighted by Crippen LogP contribution is 2.43. The normalized spacial score (nSPS) is 19.9. The first-order valence-electron chi connectivity index (χ1n) is 12.4. The summed E-state index contributed by atoms with van der Waals surface area (Å²) in [4.78, 5) is 23.5. The van der Waals surface area contributed by atoms with E-state index in [1.54, 1.807) is 7.05 Å². The lowest BCUT2D eigenvalue weighted by molar-refractivity contribution is -0.00778. The van der Waals surface area contributed by atoms with Crippen LogP contribution in [0.25, 0.3) is 5.69 Å². The summed E-state index contributed by atoms with van der Waals surface area (Å²) < 4.78 is 17.2. The Morgan fingerprint density at radius 1 is 1.06 bits per heavy atom. The molecule has 36 heavy (non-hydrogen) atoms. The lowest BCUT2D eigenvalue weighted by atomic mass is 9.77. The first-order chi connectivity index (χ1) is 16.9. The maximum absolute atomic E-state index is 14.7. The van der Waals surface area contributed by atoms with Crippen molar-refractivity contribution in [2.75, 3.05) is 17.7 Å². The first-order valence-corrected chi connectivity index (χ1v) is 12.4. The van der Waals surface area contributed by atoms with Crippen molar-refractivity contribution in [1.29, 1.82) is 0 Å². The number of rotatable bonds is 6. The summed E-state index contributed by atoms with van der Waals surface area (Å²) in [6, 6.07) is 5.81. The van der Waals surface area contributed by atoms with Crippen LogP contribution in [0.1, 0.15) is 64.9 Å². The second kappa shape index (κ2) is 8.65. The van der Waals surface area contributed by atoms with Crippen LogP contribution in [0.2, 0.25) is 0 Å². The molecule has 3 heterocycles.